The maximum absolute atomic E-state index is 12.8. The van der Waals surface area contributed by atoms with E-state index >= 15 is 0 Å². The van der Waals surface area contributed by atoms with Crippen LogP contribution in [-0.2, 0) is 4.74 Å². The quantitative estimate of drug-likeness (QED) is 0.793. The van der Waals surface area contributed by atoms with Crippen molar-refractivity contribution in [3.8, 4) is 0 Å². The molecule has 0 atom stereocenters. The number of H-pyrrole nitrogens is 1. The lowest BCUT2D eigenvalue weighted by molar-refractivity contribution is -0.0361. The number of carbonyl (C=O) groups excluding carboxylic acids is 1. The molecule has 2 aliphatic rings. The predicted molar refractivity (Wildman–Crippen MR) is 107 cm³/mol. The molecule has 26 heavy (non-hydrogen) atoms. The Morgan fingerprint density at radius 2 is 1.96 bits per heavy atom. The minimum atomic E-state index is -0.0180. The number of benzene rings is 1. The molecule has 1 aliphatic heterocycles. The summed E-state index contributed by atoms with van der Waals surface area (Å²) < 4.78 is 6.55. The smallest absolute Gasteiger partial charge is 0.267 e. The molecule has 0 bridgehead atoms. The van der Waals surface area contributed by atoms with Crippen molar-refractivity contribution in [1.82, 2.24) is 15.2 Å². The molecular formula is C20H26BrN3O2. The summed E-state index contributed by atoms with van der Waals surface area (Å²) in [6.45, 7) is 4.25. The molecule has 4 rings (SSSR count). The number of fused-ring (bicyclic) bond motifs is 1. The van der Waals surface area contributed by atoms with Gasteiger partial charge in [0.25, 0.3) is 5.91 Å². The molecule has 1 aromatic carbocycles. The van der Waals surface area contributed by atoms with Gasteiger partial charge in [-0.2, -0.15) is 0 Å². The van der Waals surface area contributed by atoms with Crippen LogP contribution in [0, 0.1) is 0 Å². The third kappa shape index (κ3) is 3.68. The highest BCUT2D eigenvalue weighted by Gasteiger charge is 2.38. The van der Waals surface area contributed by atoms with Crippen molar-refractivity contribution >= 4 is 32.7 Å². The Labute approximate surface area is 162 Å². The number of nitrogens with one attached hydrogen (secondary N) is 2. The van der Waals surface area contributed by atoms with Gasteiger partial charge < -0.3 is 15.0 Å². The topological polar surface area (TPSA) is 57.4 Å². The van der Waals surface area contributed by atoms with Gasteiger partial charge in [0.1, 0.15) is 5.69 Å². The average molecular weight is 420 g/mol. The number of aromatic amines is 1. The van der Waals surface area contributed by atoms with Crippen LogP contribution in [0.5, 0.6) is 0 Å². The molecule has 0 spiro atoms. The fourth-order valence-corrected chi connectivity index (χ4v) is 4.80. The van der Waals surface area contributed by atoms with Gasteiger partial charge in [-0.05, 0) is 37.1 Å². The van der Waals surface area contributed by atoms with Crippen molar-refractivity contribution < 1.29 is 9.53 Å². The van der Waals surface area contributed by atoms with E-state index < -0.39 is 0 Å². The van der Waals surface area contributed by atoms with Crippen LogP contribution in [0.15, 0.2) is 28.7 Å². The summed E-state index contributed by atoms with van der Waals surface area (Å²) in [5.74, 6) is -0.0180. The summed E-state index contributed by atoms with van der Waals surface area (Å²) >= 11 is 3.48. The van der Waals surface area contributed by atoms with Crippen molar-refractivity contribution in [1.29, 1.82) is 0 Å². The standard InChI is InChI=1S/C20H26BrN3O2/c21-16-4-5-17-15(12-16)13-18(23-17)19(25)22-14-20(6-2-1-3-7-20)24-8-10-26-11-9-24/h4-5,12-13,23H,1-3,6-11,14H2,(H,22,25). The second kappa shape index (κ2) is 7.71. The summed E-state index contributed by atoms with van der Waals surface area (Å²) in [6, 6.07) is 7.93. The number of amides is 1. The van der Waals surface area contributed by atoms with Crippen LogP contribution in [0.3, 0.4) is 0 Å². The normalized spacial score (nSPS) is 21.0. The van der Waals surface area contributed by atoms with E-state index in [-0.39, 0.29) is 11.4 Å². The Hall–Kier alpha value is -1.37. The van der Waals surface area contributed by atoms with Crippen molar-refractivity contribution in [3.05, 3.63) is 34.4 Å². The predicted octanol–water partition coefficient (Wildman–Crippen LogP) is 3.70. The molecule has 1 saturated heterocycles. The Bertz CT molecular complexity index is 776. The molecule has 1 saturated carbocycles. The lowest BCUT2D eigenvalue weighted by atomic mass is 9.79. The van der Waals surface area contributed by atoms with Gasteiger partial charge in [-0.3, -0.25) is 9.69 Å². The summed E-state index contributed by atoms with van der Waals surface area (Å²) in [7, 11) is 0. The number of morpholine rings is 1. The van der Waals surface area contributed by atoms with Crippen LogP contribution < -0.4 is 5.32 Å². The lowest BCUT2D eigenvalue weighted by Crippen LogP contribution is -2.59. The Balaban J connectivity index is 1.48. The van der Waals surface area contributed by atoms with Crippen molar-refractivity contribution in [2.45, 2.75) is 37.6 Å². The van der Waals surface area contributed by atoms with Gasteiger partial charge in [0.15, 0.2) is 0 Å². The number of nitrogens with zero attached hydrogens (tertiary/aromatic N) is 1. The maximum atomic E-state index is 12.8. The van der Waals surface area contributed by atoms with Crippen molar-refractivity contribution in [2.75, 3.05) is 32.8 Å². The molecule has 1 aromatic heterocycles. The maximum Gasteiger partial charge on any atom is 0.267 e. The van der Waals surface area contributed by atoms with E-state index in [9.17, 15) is 4.79 Å². The SMILES string of the molecule is O=C(NCC1(N2CCOCC2)CCCCC1)c1cc2cc(Br)ccc2[nH]1. The minimum absolute atomic E-state index is 0.0180. The molecule has 2 aromatic rings. The molecule has 140 valence electrons. The number of halogens is 1. The third-order valence-corrected chi connectivity index (χ3v) is 6.36. The molecule has 1 aliphatic carbocycles. The molecule has 1 amide bonds. The Kier molecular flexibility index (Phi) is 5.34. The number of hydrogen-bond donors (Lipinski definition) is 2. The molecule has 5 nitrogen and oxygen atoms in total. The van der Waals surface area contributed by atoms with Gasteiger partial charge in [-0.15, -0.1) is 0 Å². The van der Waals surface area contributed by atoms with E-state index in [0.29, 0.717) is 12.2 Å². The molecule has 0 unspecified atom stereocenters. The van der Waals surface area contributed by atoms with E-state index in [0.717, 1.165) is 54.5 Å². The van der Waals surface area contributed by atoms with Crippen LogP contribution in [0.25, 0.3) is 10.9 Å². The van der Waals surface area contributed by atoms with E-state index in [4.69, 9.17) is 4.74 Å². The van der Waals surface area contributed by atoms with Crippen LogP contribution in [0.2, 0.25) is 0 Å². The average Bonchev–Trinajstić information content (AvgIpc) is 3.11. The second-order valence-corrected chi connectivity index (χ2v) is 8.40. The van der Waals surface area contributed by atoms with Gasteiger partial charge in [-0.1, -0.05) is 35.2 Å². The van der Waals surface area contributed by atoms with Crippen LogP contribution in [0.4, 0.5) is 0 Å². The Morgan fingerprint density at radius 1 is 1.19 bits per heavy atom. The Morgan fingerprint density at radius 3 is 2.73 bits per heavy atom. The minimum Gasteiger partial charge on any atom is -0.379 e. The highest BCUT2D eigenvalue weighted by molar-refractivity contribution is 9.10. The van der Waals surface area contributed by atoms with Gasteiger partial charge in [0.05, 0.1) is 13.2 Å². The van der Waals surface area contributed by atoms with Crippen LogP contribution >= 0.6 is 15.9 Å². The van der Waals surface area contributed by atoms with Gasteiger partial charge in [-0.25, -0.2) is 0 Å². The first-order chi connectivity index (χ1) is 12.7. The highest BCUT2D eigenvalue weighted by atomic mass is 79.9. The fraction of sp³-hybridized carbons (Fsp3) is 0.550. The zero-order chi connectivity index (χ0) is 18.0. The summed E-state index contributed by atoms with van der Waals surface area (Å²) in [5, 5.41) is 4.26. The van der Waals surface area contributed by atoms with Crippen LogP contribution in [0.1, 0.15) is 42.6 Å². The van der Waals surface area contributed by atoms with Crippen molar-refractivity contribution in [2.24, 2.45) is 0 Å². The number of carbonyl (C=O) groups is 1. The first-order valence-electron chi connectivity index (χ1n) is 9.56. The van der Waals surface area contributed by atoms with Gasteiger partial charge in [0.2, 0.25) is 0 Å². The van der Waals surface area contributed by atoms with E-state index in [1.54, 1.807) is 0 Å². The van der Waals surface area contributed by atoms with E-state index in [2.05, 4.69) is 31.1 Å². The summed E-state index contributed by atoms with van der Waals surface area (Å²) in [5.41, 5.74) is 1.71. The highest BCUT2D eigenvalue weighted by Crippen LogP contribution is 2.34. The first-order valence-corrected chi connectivity index (χ1v) is 10.3. The van der Waals surface area contributed by atoms with E-state index in [1.165, 1.54) is 19.3 Å². The molecule has 6 heteroatoms. The molecule has 0 radical (unpaired) electrons. The monoisotopic (exact) mass is 419 g/mol. The number of ether oxygens (including phenoxy) is 1. The second-order valence-electron chi connectivity index (χ2n) is 7.48. The largest absolute Gasteiger partial charge is 0.379 e. The number of aromatic nitrogens is 1. The van der Waals surface area contributed by atoms with E-state index in [1.807, 2.05) is 24.3 Å². The fourth-order valence-electron chi connectivity index (χ4n) is 4.42. The first kappa shape index (κ1) is 18.0. The van der Waals surface area contributed by atoms with Crippen LogP contribution in [-0.4, -0.2) is 54.2 Å². The summed E-state index contributed by atoms with van der Waals surface area (Å²) in [6.07, 6.45) is 6.11. The zero-order valence-corrected chi connectivity index (χ0v) is 16.6. The third-order valence-electron chi connectivity index (χ3n) is 5.87. The zero-order valence-electron chi connectivity index (χ0n) is 15.0. The van der Waals surface area contributed by atoms with Gasteiger partial charge in [0, 0.05) is 40.5 Å². The lowest BCUT2D eigenvalue weighted by Gasteiger charge is -2.48. The number of rotatable bonds is 4. The van der Waals surface area contributed by atoms with Crippen molar-refractivity contribution in [3.63, 3.8) is 0 Å². The molecule has 2 heterocycles. The molecular weight excluding hydrogens is 394 g/mol. The summed E-state index contributed by atoms with van der Waals surface area (Å²) in [4.78, 5) is 18.6. The van der Waals surface area contributed by atoms with Gasteiger partial charge >= 0.3 is 0 Å². The number of hydrogen-bond acceptors (Lipinski definition) is 3. The molecule has 2 fully saturated rings. The molecule has 2 N–H and O–H groups in total.